The molecule has 8 nitrogen and oxygen atoms in total. The Balaban J connectivity index is 2.51. The first kappa shape index (κ1) is 14.5. The number of benzene rings is 1. The van der Waals surface area contributed by atoms with Gasteiger partial charge >= 0.3 is 5.69 Å². The van der Waals surface area contributed by atoms with Crippen molar-refractivity contribution in [3.8, 4) is 5.69 Å². The predicted molar refractivity (Wildman–Crippen MR) is 77.5 cm³/mol. The normalized spacial score (nSPS) is 10.3. The van der Waals surface area contributed by atoms with E-state index in [4.69, 9.17) is 5.73 Å². The average Bonchev–Trinajstić information content (AvgIpc) is 2.94. The number of aromatic nitrogens is 2. The first-order valence-electron chi connectivity index (χ1n) is 6.41. The zero-order valence-corrected chi connectivity index (χ0v) is 11.4. The summed E-state index contributed by atoms with van der Waals surface area (Å²) in [7, 11) is 0. The number of nitrogens with two attached hydrogens (primary N) is 1. The van der Waals surface area contributed by atoms with Crippen LogP contribution >= 0.6 is 0 Å². The lowest BCUT2D eigenvalue weighted by Crippen LogP contribution is -2.12. The van der Waals surface area contributed by atoms with Crippen molar-refractivity contribution in [1.82, 2.24) is 9.78 Å². The summed E-state index contributed by atoms with van der Waals surface area (Å²) in [5.74, 6) is -0.684. The van der Waals surface area contributed by atoms with Gasteiger partial charge < -0.3 is 11.1 Å². The second-order valence-corrected chi connectivity index (χ2v) is 4.37. The Morgan fingerprint density at radius 2 is 2.24 bits per heavy atom. The largest absolute Gasteiger partial charge is 0.379 e. The number of anilines is 1. The van der Waals surface area contributed by atoms with Crippen LogP contribution in [0.25, 0.3) is 5.69 Å². The summed E-state index contributed by atoms with van der Waals surface area (Å²) in [6.07, 6.45) is 2.31. The van der Waals surface area contributed by atoms with Gasteiger partial charge in [-0.3, -0.25) is 14.9 Å². The molecule has 0 fully saturated rings. The van der Waals surface area contributed by atoms with Crippen LogP contribution in [0.4, 0.5) is 11.4 Å². The second-order valence-electron chi connectivity index (χ2n) is 4.37. The Hall–Kier alpha value is -2.90. The third-order valence-electron chi connectivity index (χ3n) is 2.85. The van der Waals surface area contributed by atoms with E-state index in [0.29, 0.717) is 12.2 Å². The molecule has 21 heavy (non-hydrogen) atoms. The number of hydrogen-bond acceptors (Lipinski definition) is 5. The fourth-order valence-electron chi connectivity index (χ4n) is 1.90. The summed E-state index contributed by atoms with van der Waals surface area (Å²) in [6.45, 7) is 2.59. The van der Waals surface area contributed by atoms with Gasteiger partial charge in [-0.2, -0.15) is 5.10 Å². The number of nitrogens with zero attached hydrogens (tertiary/aromatic N) is 3. The highest BCUT2D eigenvalue weighted by molar-refractivity contribution is 5.90. The van der Waals surface area contributed by atoms with Crippen molar-refractivity contribution in [2.75, 3.05) is 11.9 Å². The van der Waals surface area contributed by atoms with Gasteiger partial charge in [0.05, 0.1) is 4.92 Å². The highest BCUT2D eigenvalue weighted by Crippen LogP contribution is 2.31. The van der Waals surface area contributed by atoms with Crippen molar-refractivity contribution in [2.24, 2.45) is 5.73 Å². The topological polar surface area (TPSA) is 116 Å². The lowest BCUT2D eigenvalue weighted by molar-refractivity contribution is -0.383. The number of carbonyl (C=O) groups excluding carboxylic acids is 1. The number of nitro benzene ring substituents is 1. The minimum atomic E-state index is -0.684. The van der Waals surface area contributed by atoms with Crippen molar-refractivity contribution < 1.29 is 9.72 Å². The third kappa shape index (κ3) is 2.99. The number of para-hydroxylation sites is 1. The molecular formula is C13H15N5O3. The summed E-state index contributed by atoms with van der Waals surface area (Å²) in [6, 6.07) is 6.30. The van der Waals surface area contributed by atoms with Gasteiger partial charge in [-0.05, 0) is 24.6 Å². The van der Waals surface area contributed by atoms with Gasteiger partial charge in [-0.15, -0.1) is 0 Å². The summed E-state index contributed by atoms with van der Waals surface area (Å²) >= 11 is 0. The quantitative estimate of drug-likeness (QED) is 0.620. The molecule has 0 aliphatic carbocycles. The summed E-state index contributed by atoms with van der Waals surface area (Å²) in [5.41, 5.74) is 5.78. The van der Waals surface area contributed by atoms with E-state index in [1.54, 1.807) is 18.2 Å². The summed E-state index contributed by atoms with van der Waals surface area (Å²) < 4.78 is 1.27. The van der Waals surface area contributed by atoms with Crippen LogP contribution < -0.4 is 11.1 Å². The van der Waals surface area contributed by atoms with E-state index in [2.05, 4.69) is 10.4 Å². The van der Waals surface area contributed by atoms with Crippen molar-refractivity contribution in [1.29, 1.82) is 0 Å². The van der Waals surface area contributed by atoms with Gasteiger partial charge in [0.1, 0.15) is 17.1 Å². The SMILES string of the molecule is CCCNc1cccc(-n2ccc(C(N)=O)n2)c1[N+](=O)[O-]. The molecule has 2 aromatic rings. The summed E-state index contributed by atoms with van der Waals surface area (Å²) in [4.78, 5) is 22.0. The van der Waals surface area contributed by atoms with Crippen LogP contribution in [0, 0.1) is 10.1 Å². The monoisotopic (exact) mass is 289 g/mol. The van der Waals surface area contributed by atoms with Crippen LogP contribution in [0.15, 0.2) is 30.5 Å². The Labute approximate surface area is 120 Å². The molecule has 0 unspecified atom stereocenters. The maximum Gasteiger partial charge on any atom is 0.317 e. The first-order chi connectivity index (χ1) is 10.0. The molecule has 1 aromatic carbocycles. The fourth-order valence-corrected chi connectivity index (χ4v) is 1.90. The second kappa shape index (κ2) is 6.04. The van der Waals surface area contributed by atoms with Crippen LogP contribution in [-0.2, 0) is 0 Å². The predicted octanol–water partition coefficient (Wildman–Crippen LogP) is 1.70. The zero-order valence-electron chi connectivity index (χ0n) is 11.4. The number of nitrogens with one attached hydrogen (secondary N) is 1. The van der Waals surface area contributed by atoms with E-state index in [1.165, 1.54) is 16.9 Å². The van der Waals surface area contributed by atoms with E-state index in [1.807, 2.05) is 6.92 Å². The van der Waals surface area contributed by atoms with E-state index >= 15 is 0 Å². The van der Waals surface area contributed by atoms with E-state index in [0.717, 1.165) is 6.42 Å². The minimum absolute atomic E-state index is 0.0521. The van der Waals surface area contributed by atoms with Gasteiger partial charge in [0.25, 0.3) is 5.91 Å². The Bertz CT molecular complexity index is 680. The van der Waals surface area contributed by atoms with Crippen molar-refractivity contribution in [2.45, 2.75) is 13.3 Å². The third-order valence-corrected chi connectivity index (χ3v) is 2.85. The number of amides is 1. The maximum absolute atomic E-state index is 11.4. The van der Waals surface area contributed by atoms with Crippen molar-refractivity contribution in [3.63, 3.8) is 0 Å². The zero-order chi connectivity index (χ0) is 15.4. The molecule has 0 atom stereocenters. The molecule has 8 heteroatoms. The van der Waals surface area contributed by atoms with Crippen LogP contribution in [0.1, 0.15) is 23.8 Å². The number of hydrogen-bond donors (Lipinski definition) is 2. The molecule has 0 bridgehead atoms. The van der Waals surface area contributed by atoms with E-state index < -0.39 is 10.8 Å². The Morgan fingerprint density at radius 1 is 1.48 bits per heavy atom. The molecular weight excluding hydrogens is 274 g/mol. The highest BCUT2D eigenvalue weighted by Gasteiger charge is 2.21. The minimum Gasteiger partial charge on any atom is -0.379 e. The van der Waals surface area contributed by atoms with Gasteiger partial charge in [0.2, 0.25) is 0 Å². The maximum atomic E-state index is 11.4. The van der Waals surface area contributed by atoms with Gasteiger partial charge in [-0.25, -0.2) is 4.68 Å². The van der Waals surface area contributed by atoms with Crippen LogP contribution in [-0.4, -0.2) is 27.2 Å². The fraction of sp³-hybridized carbons (Fsp3) is 0.231. The van der Waals surface area contributed by atoms with Crippen molar-refractivity contribution in [3.05, 3.63) is 46.3 Å². The first-order valence-corrected chi connectivity index (χ1v) is 6.41. The molecule has 0 saturated carbocycles. The molecule has 0 spiro atoms. The van der Waals surface area contributed by atoms with Crippen LogP contribution in [0.2, 0.25) is 0 Å². The molecule has 110 valence electrons. The molecule has 1 amide bonds. The van der Waals surface area contributed by atoms with Crippen LogP contribution in [0.5, 0.6) is 0 Å². The van der Waals surface area contributed by atoms with Gasteiger partial charge in [0.15, 0.2) is 0 Å². The molecule has 0 radical (unpaired) electrons. The molecule has 0 aliphatic heterocycles. The molecule has 0 aliphatic rings. The van der Waals surface area contributed by atoms with Gasteiger partial charge in [0, 0.05) is 12.7 Å². The number of carbonyl (C=O) groups is 1. The Kier molecular flexibility index (Phi) is 4.17. The smallest absolute Gasteiger partial charge is 0.317 e. The lowest BCUT2D eigenvalue weighted by Gasteiger charge is -2.09. The van der Waals surface area contributed by atoms with Gasteiger partial charge in [-0.1, -0.05) is 13.0 Å². The average molecular weight is 289 g/mol. The van der Waals surface area contributed by atoms with E-state index in [9.17, 15) is 14.9 Å². The standard InChI is InChI=1S/C13H15N5O3/c1-2-7-15-9-4-3-5-11(12(9)18(20)21)17-8-6-10(16-17)13(14)19/h3-6,8,15H,2,7H2,1H3,(H2,14,19). The number of primary amides is 1. The lowest BCUT2D eigenvalue weighted by atomic mass is 10.2. The number of nitro groups is 1. The molecule has 1 heterocycles. The van der Waals surface area contributed by atoms with Crippen LogP contribution in [0.3, 0.4) is 0 Å². The molecule has 2 rings (SSSR count). The highest BCUT2D eigenvalue weighted by atomic mass is 16.6. The summed E-state index contributed by atoms with van der Waals surface area (Å²) in [5, 5.41) is 18.3. The van der Waals surface area contributed by atoms with Crippen molar-refractivity contribution >= 4 is 17.3 Å². The van der Waals surface area contributed by atoms with E-state index in [-0.39, 0.29) is 17.1 Å². The Morgan fingerprint density at radius 3 is 2.81 bits per heavy atom. The molecule has 1 aromatic heterocycles. The molecule has 0 saturated heterocycles. The number of rotatable bonds is 6. The molecule has 3 N–H and O–H groups in total.